The topological polar surface area (TPSA) is 86.8 Å². The number of aromatic hydroxyl groups is 1. The molecule has 1 aliphatic rings. The summed E-state index contributed by atoms with van der Waals surface area (Å²) in [6.07, 6.45) is 8.79. The highest BCUT2D eigenvalue weighted by Gasteiger charge is 2.24. The minimum atomic E-state index is -0.313. The van der Waals surface area contributed by atoms with Crippen LogP contribution in [0.3, 0.4) is 0 Å². The van der Waals surface area contributed by atoms with Gasteiger partial charge in [-0.3, -0.25) is 9.38 Å². The molecule has 0 aromatic carbocycles. The fraction of sp³-hybridized carbons (Fsp3) is 0.267. The van der Waals surface area contributed by atoms with E-state index in [1.54, 1.807) is 24.7 Å². The molecule has 7 nitrogen and oxygen atoms in total. The Balaban J connectivity index is 1.83. The SMILES string of the molecule is Oc1cncc(-c2cnc3c(N4CCC(O)C4)nccn23)c1. The Morgan fingerprint density at radius 2 is 2.09 bits per heavy atom. The highest BCUT2D eigenvalue weighted by molar-refractivity contribution is 5.71. The first-order valence-electron chi connectivity index (χ1n) is 7.12. The Labute approximate surface area is 126 Å². The van der Waals surface area contributed by atoms with Crippen molar-refractivity contribution in [2.75, 3.05) is 18.0 Å². The number of pyridine rings is 1. The number of fused-ring (bicyclic) bond motifs is 1. The maximum absolute atomic E-state index is 9.71. The lowest BCUT2D eigenvalue weighted by Crippen LogP contribution is -2.23. The molecule has 0 spiro atoms. The molecule has 3 aromatic rings. The van der Waals surface area contributed by atoms with E-state index >= 15 is 0 Å². The number of rotatable bonds is 2. The quantitative estimate of drug-likeness (QED) is 0.736. The molecular formula is C15H15N5O2. The van der Waals surface area contributed by atoms with Gasteiger partial charge in [0.25, 0.3) is 0 Å². The number of β-amino-alcohol motifs (C(OH)–C–C–N with tert-alkyl or cyclic N) is 1. The predicted molar refractivity (Wildman–Crippen MR) is 80.7 cm³/mol. The summed E-state index contributed by atoms with van der Waals surface area (Å²) in [5, 5.41) is 19.3. The Morgan fingerprint density at radius 1 is 1.18 bits per heavy atom. The van der Waals surface area contributed by atoms with Gasteiger partial charge in [-0.2, -0.15) is 0 Å². The largest absolute Gasteiger partial charge is 0.506 e. The van der Waals surface area contributed by atoms with Gasteiger partial charge in [0, 0.05) is 37.2 Å². The van der Waals surface area contributed by atoms with Crippen molar-refractivity contribution in [3.63, 3.8) is 0 Å². The average Bonchev–Trinajstić information content (AvgIpc) is 3.13. The number of aliphatic hydroxyl groups is 1. The number of aliphatic hydroxyl groups excluding tert-OH is 1. The predicted octanol–water partition coefficient (Wildman–Crippen LogP) is 1.07. The van der Waals surface area contributed by atoms with Crippen molar-refractivity contribution in [1.82, 2.24) is 19.4 Å². The number of hydrogen-bond donors (Lipinski definition) is 2. The molecule has 1 saturated heterocycles. The second-order valence-electron chi connectivity index (χ2n) is 5.41. The second kappa shape index (κ2) is 4.96. The van der Waals surface area contributed by atoms with Gasteiger partial charge in [-0.05, 0) is 12.5 Å². The van der Waals surface area contributed by atoms with E-state index in [1.807, 2.05) is 15.5 Å². The molecular weight excluding hydrogens is 282 g/mol. The molecule has 1 unspecified atom stereocenters. The zero-order chi connectivity index (χ0) is 15.1. The van der Waals surface area contributed by atoms with Gasteiger partial charge < -0.3 is 15.1 Å². The van der Waals surface area contributed by atoms with Crippen LogP contribution in [0.25, 0.3) is 16.9 Å². The maximum Gasteiger partial charge on any atom is 0.180 e. The fourth-order valence-electron chi connectivity index (χ4n) is 2.84. The molecule has 7 heteroatoms. The molecule has 0 saturated carbocycles. The second-order valence-corrected chi connectivity index (χ2v) is 5.41. The Morgan fingerprint density at radius 3 is 2.86 bits per heavy atom. The van der Waals surface area contributed by atoms with E-state index in [-0.39, 0.29) is 11.9 Å². The van der Waals surface area contributed by atoms with Gasteiger partial charge in [0.1, 0.15) is 5.75 Å². The van der Waals surface area contributed by atoms with Crippen molar-refractivity contribution in [1.29, 1.82) is 0 Å². The van der Waals surface area contributed by atoms with Gasteiger partial charge in [-0.1, -0.05) is 0 Å². The minimum absolute atomic E-state index is 0.115. The van der Waals surface area contributed by atoms with Crippen LogP contribution in [0.15, 0.2) is 37.1 Å². The molecule has 1 atom stereocenters. The van der Waals surface area contributed by atoms with Gasteiger partial charge in [0.15, 0.2) is 11.5 Å². The average molecular weight is 297 g/mol. The molecule has 2 N–H and O–H groups in total. The van der Waals surface area contributed by atoms with Crippen LogP contribution < -0.4 is 4.90 Å². The monoisotopic (exact) mass is 297 g/mol. The summed E-state index contributed by atoms with van der Waals surface area (Å²) in [6.45, 7) is 1.34. The van der Waals surface area contributed by atoms with Gasteiger partial charge in [0.2, 0.25) is 0 Å². The van der Waals surface area contributed by atoms with Crippen LogP contribution in [0.5, 0.6) is 5.75 Å². The van der Waals surface area contributed by atoms with Crippen molar-refractivity contribution < 1.29 is 10.2 Å². The molecule has 0 aliphatic carbocycles. The summed E-state index contributed by atoms with van der Waals surface area (Å²) in [5.41, 5.74) is 2.35. The van der Waals surface area contributed by atoms with Crippen LogP contribution in [0.1, 0.15) is 6.42 Å². The number of hydrogen-bond acceptors (Lipinski definition) is 6. The van der Waals surface area contributed by atoms with Gasteiger partial charge >= 0.3 is 0 Å². The van der Waals surface area contributed by atoms with E-state index in [9.17, 15) is 10.2 Å². The minimum Gasteiger partial charge on any atom is -0.506 e. The summed E-state index contributed by atoms with van der Waals surface area (Å²) >= 11 is 0. The smallest absolute Gasteiger partial charge is 0.180 e. The highest BCUT2D eigenvalue weighted by atomic mass is 16.3. The van der Waals surface area contributed by atoms with Crippen molar-refractivity contribution in [3.8, 4) is 17.0 Å². The molecule has 112 valence electrons. The van der Waals surface area contributed by atoms with E-state index in [0.717, 1.165) is 35.7 Å². The first-order chi connectivity index (χ1) is 10.7. The zero-order valence-electron chi connectivity index (χ0n) is 11.8. The number of anilines is 1. The molecule has 3 aromatic heterocycles. The van der Waals surface area contributed by atoms with Crippen LogP contribution >= 0.6 is 0 Å². The van der Waals surface area contributed by atoms with Gasteiger partial charge in [0.05, 0.1) is 24.2 Å². The summed E-state index contributed by atoms with van der Waals surface area (Å²) < 4.78 is 1.92. The van der Waals surface area contributed by atoms with E-state index < -0.39 is 0 Å². The van der Waals surface area contributed by atoms with Crippen molar-refractivity contribution >= 4 is 11.5 Å². The van der Waals surface area contributed by atoms with Gasteiger partial charge in [-0.25, -0.2) is 9.97 Å². The molecule has 0 radical (unpaired) electrons. The van der Waals surface area contributed by atoms with Crippen LogP contribution in [0, 0.1) is 0 Å². The van der Waals surface area contributed by atoms with E-state index in [2.05, 4.69) is 15.0 Å². The van der Waals surface area contributed by atoms with E-state index in [4.69, 9.17) is 0 Å². The van der Waals surface area contributed by atoms with Crippen LogP contribution in [-0.2, 0) is 0 Å². The first kappa shape index (κ1) is 13.0. The lowest BCUT2D eigenvalue weighted by Gasteiger charge is -2.17. The standard InChI is InChI=1S/C15H15N5O2/c21-11-1-3-19(9-11)14-15-18-8-13(20(15)4-2-17-14)10-5-12(22)7-16-6-10/h2,4-8,11,21-22H,1,3,9H2. The maximum atomic E-state index is 9.71. The van der Waals surface area contributed by atoms with Crippen LogP contribution in [0.2, 0.25) is 0 Å². The molecule has 1 fully saturated rings. The number of imidazole rings is 1. The third-order valence-electron chi connectivity index (χ3n) is 3.89. The summed E-state index contributed by atoms with van der Waals surface area (Å²) in [7, 11) is 0. The van der Waals surface area contributed by atoms with Crippen molar-refractivity contribution in [2.24, 2.45) is 0 Å². The Kier molecular flexibility index (Phi) is 2.93. The van der Waals surface area contributed by atoms with Crippen molar-refractivity contribution in [3.05, 3.63) is 37.1 Å². The molecule has 4 heterocycles. The van der Waals surface area contributed by atoms with E-state index in [1.165, 1.54) is 6.20 Å². The molecule has 0 bridgehead atoms. The highest BCUT2D eigenvalue weighted by Crippen LogP contribution is 2.27. The Bertz CT molecular complexity index is 832. The Hall–Kier alpha value is -2.67. The lowest BCUT2D eigenvalue weighted by atomic mass is 10.2. The molecule has 1 aliphatic heterocycles. The van der Waals surface area contributed by atoms with Crippen LogP contribution in [0.4, 0.5) is 5.82 Å². The van der Waals surface area contributed by atoms with Crippen LogP contribution in [-0.4, -0.2) is 48.8 Å². The molecule has 4 rings (SSSR count). The van der Waals surface area contributed by atoms with Gasteiger partial charge in [-0.15, -0.1) is 0 Å². The molecule has 0 amide bonds. The zero-order valence-corrected chi connectivity index (χ0v) is 11.8. The fourth-order valence-corrected chi connectivity index (χ4v) is 2.84. The number of nitrogens with zero attached hydrogens (tertiary/aromatic N) is 5. The third kappa shape index (κ3) is 2.06. The summed E-state index contributed by atoms with van der Waals surface area (Å²) in [6, 6.07) is 1.65. The first-order valence-corrected chi connectivity index (χ1v) is 7.12. The lowest BCUT2D eigenvalue weighted by molar-refractivity contribution is 0.198. The summed E-state index contributed by atoms with van der Waals surface area (Å²) in [4.78, 5) is 14.9. The normalized spacial score (nSPS) is 18.2. The molecule has 22 heavy (non-hydrogen) atoms. The van der Waals surface area contributed by atoms with Crippen molar-refractivity contribution in [2.45, 2.75) is 12.5 Å². The number of aromatic nitrogens is 4. The summed E-state index contributed by atoms with van der Waals surface area (Å²) in [5.74, 6) is 0.878. The van der Waals surface area contributed by atoms with E-state index in [0.29, 0.717) is 6.54 Å². The third-order valence-corrected chi connectivity index (χ3v) is 3.89.